The number of fused-ring (bicyclic) bond motifs is 1. The third-order valence-corrected chi connectivity index (χ3v) is 6.02. The van der Waals surface area contributed by atoms with Gasteiger partial charge in [0.1, 0.15) is 23.9 Å². The number of phenols is 1. The summed E-state index contributed by atoms with van der Waals surface area (Å²) < 4.78 is 11.7. The number of H-pyrrole nitrogens is 2. The molecular weight excluding hydrogens is 484 g/mol. The highest BCUT2D eigenvalue weighted by Gasteiger charge is 2.14. The van der Waals surface area contributed by atoms with E-state index in [9.17, 15) is 9.90 Å². The molecule has 0 aliphatic carbocycles. The predicted molar refractivity (Wildman–Crippen MR) is 142 cm³/mol. The number of tetrazole rings is 1. The summed E-state index contributed by atoms with van der Waals surface area (Å²) in [6.07, 6.45) is 3.04. The van der Waals surface area contributed by atoms with Crippen molar-refractivity contribution in [3.05, 3.63) is 89.3 Å². The van der Waals surface area contributed by atoms with Crippen LogP contribution in [0, 0.1) is 0 Å². The van der Waals surface area contributed by atoms with E-state index in [4.69, 9.17) is 9.47 Å². The Kier molecular flexibility index (Phi) is 7.23. The van der Waals surface area contributed by atoms with E-state index in [2.05, 4.69) is 30.6 Å². The normalized spacial score (nSPS) is 12.3. The lowest BCUT2D eigenvalue weighted by molar-refractivity contribution is 0.0773. The minimum Gasteiger partial charge on any atom is -0.507 e. The van der Waals surface area contributed by atoms with Crippen LogP contribution in [-0.4, -0.2) is 48.1 Å². The molecule has 0 saturated carbocycles. The largest absolute Gasteiger partial charge is 0.507 e. The van der Waals surface area contributed by atoms with Crippen LogP contribution in [0.5, 0.6) is 11.5 Å². The number of allylic oxidation sites excluding steroid dienone is 1. The highest BCUT2D eigenvalue weighted by atomic mass is 16.5. The number of para-hydroxylation sites is 1. The van der Waals surface area contributed by atoms with Crippen molar-refractivity contribution in [3.63, 3.8) is 0 Å². The number of carbonyl (C=O) groups is 1. The molecule has 5 rings (SSSR count). The van der Waals surface area contributed by atoms with Gasteiger partial charge in [-0.15, -0.1) is 5.10 Å². The van der Waals surface area contributed by atoms with Gasteiger partial charge in [-0.2, -0.15) is 0 Å². The summed E-state index contributed by atoms with van der Waals surface area (Å²) in [5.41, 5.74) is 4.43. The molecule has 2 aromatic heterocycles. The number of ether oxygens (including phenoxy) is 2. The Hall–Kier alpha value is -4.83. The van der Waals surface area contributed by atoms with Crippen LogP contribution in [-0.2, 0) is 11.3 Å². The number of rotatable bonds is 10. The highest BCUT2D eigenvalue weighted by Crippen LogP contribution is 2.26. The van der Waals surface area contributed by atoms with Crippen molar-refractivity contribution in [1.29, 1.82) is 0 Å². The first kappa shape index (κ1) is 24.8. The average molecular weight is 511 g/mol. The molecule has 0 aliphatic rings. The van der Waals surface area contributed by atoms with Crippen LogP contribution in [0.25, 0.3) is 28.5 Å². The Bertz CT molecular complexity index is 1580. The highest BCUT2D eigenvalue weighted by molar-refractivity contribution is 6.09. The second kappa shape index (κ2) is 11.1. The number of aromatic hydroxyl groups is 1. The van der Waals surface area contributed by atoms with Crippen molar-refractivity contribution in [2.45, 2.75) is 26.6 Å². The van der Waals surface area contributed by atoms with E-state index in [0.29, 0.717) is 29.6 Å². The van der Waals surface area contributed by atoms with Gasteiger partial charge in [0.05, 0.1) is 22.7 Å². The van der Waals surface area contributed by atoms with Crippen LogP contribution in [0.2, 0.25) is 0 Å². The molecule has 2 heterocycles. The topological polar surface area (TPSA) is 139 Å². The van der Waals surface area contributed by atoms with Crippen LogP contribution in [0.1, 0.15) is 47.3 Å². The molecule has 5 aromatic rings. The molecule has 0 bridgehead atoms. The molecule has 0 amide bonds. The fourth-order valence-corrected chi connectivity index (χ4v) is 4.10. The van der Waals surface area contributed by atoms with Crippen LogP contribution in [0.15, 0.2) is 66.7 Å². The summed E-state index contributed by atoms with van der Waals surface area (Å²) in [5.74, 6) is 1.32. The number of aromatic amines is 2. The Labute approximate surface area is 218 Å². The zero-order valence-corrected chi connectivity index (χ0v) is 20.9. The number of imidazole rings is 1. The van der Waals surface area contributed by atoms with Gasteiger partial charge in [0.15, 0.2) is 11.6 Å². The van der Waals surface area contributed by atoms with Gasteiger partial charge in [-0.25, -0.2) is 10.1 Å². The average Bonchev–Trinajstić information content (AvgIpc) is 3.62. The fourth-order valence-electron chi connectivity index (χ4n) is 4.10. The predicted octanol–water partition coefficient (Wildman–Crippen LogP) is 5.02. The van der Waals surface area contributed by atoms with E-state index >= 15 is 0 Å². The van der Waals surface area contributed by atoms with Crippen molar-refractivity contribution >= 4 is 22.9 Å². The fraction of sp³-hybridized carbons (Fsp3) is 0.179. The van der Waals surface area contributed by atoms with Crippen molar-refractivity contribution in [1.82, 2.24) is 30.6 Å². The molecule has 10 nitrogen and oxygen atoms in total. The molecule has 1 atom stereocenters. The van der Waals surface area contributed by atoms with Gasteiger partial charge in [0, 0.05) is 17.7 Å². The number of nitrogens with one attached hydrogen (secondary N) is 2. The molecule has 3 aromatic carbocycles. The third-order valence-electron chi connectivity index (χ3n) is 6.02. The molecule has 1 unspecified atom stereocenters. The van der Waals surface area contributed by atoms with Crippen molar-refractivity contribution in [2.75, 3.05) is 6.61 Å². The monoisotopic (exact) mass is 510 g/mol. The minimum atomic E-state index is -0.347. The van der Waals surface area contributed by atoms with Gasteiger partial charge in [0.2, 0.25) is 0 Å². The summed E-state index contributed by atoms with van der Waals surface area (Å²) >= 11 is 0. The standard InChI is InChI=1S/C28H26N6O4/c1-3-37-17(2)21-5-4-6-23-27(21)30-26(29-23)16-38-20-11-7-18(8-12-20)9-13-24(35)22-15-19(10-14-25(22)36)28-31-33-34-32-28/h4-15,17,36H,3,16H2,1-2H3,(H,29,30)(H,31,32,33,34). The lowest BCUT2D eigenvalue weighted by Crippen LogP contribution is -2.00. The molecule has 0 spiro atoms. The van der Waals surface area contributed by atoms with Gasteiger partial charge in [-0.1, -0.05) is 30.3 Å². The van der Waals surface area contributed by atoms with Gasteiger partial charge in [-0.3, -0.25) is 4.79 Å². The first-order valence-corrected chi connectivity index (χ1v) is 12.1. The van der Waals surface area contributed by atoms with Crippen LogP contribution in [0.3, 0.4) is 0 Å². The minimum absolute atomic E-state index is 0.0380. The van der Waals surface area contributed by atoms with Gasteiger partial charge in [-0.05, 0) is 72.3 Å². The molecular formula is C28H26N6O4. The maximum atomic E-state index is 12.7. The van der Waals surface area contributed by atoms with E-state index in [1.165, 1.54) is 12.1 Å². The molecule has 192 valence electrons. The Balaban J connectivity index is 1.23. The number of benzene rings is 3. The van der Waals surface area contributed by atoms with Gasteiger partial charge < -0.3 is 19.6 Å². The maximum Gasteiger partial charge on any atom is 0.189 e. The van der Waals surface area contributed by atoms with Crippen molar-refractivity contribution in [3.8, 4) is 22.9 Å². The number of ketones is 1. The maximum absolute atomic E-state index is 12.7. The summed E-state index contributed by atoms with van der Waals surface area (Å²) in [7, 11) is 0. The first-order valence-electron chi connectivity index (χ1n) is 12.1. The second-order valence-corrected chi connectivity index (χ2v) is 8.56. The zero-order valence-electron chi connectivity index (χ0n) is 20.9. The smallest absolute Gasteiger partial charge is 0.189 e. The number of carbonyl (C=O) groups excluding carboxylic acids is 1. The number of hydrogen-bond acceptors (Lipinski definition) is 8. The van der Waals surface area contributed by atoms with E-state index < -0.39 is 0 Å². The first-order chi connectivity index (χ1) is 18.5. The van der Waals surface area contributed by atoms with Gasteiger partial charge in [0.25, 0.3) is 0 Å². The van der Waals surface area contributed by atoms with Crippen LogP contribution < -0.4 is 4.74 Å². The number of aromatic nitrogens is 6. The Morgan fingerprint density at radius 2 is 1.97 bits per heavy atom. The molecule has 38 heavy (non-hydrogen) atoms. The molecule has 3 N–H and O–H groups in total. The van der Waals surface area contributed by atoms with Crippen LogP contribution >= 0.6 is 0 Å². The lowest BCUT2D eigenvalue weighted by atomic mass is 10.0. The molecule has 10 heteroatoms. The lowest BCUT2D eigenvalue weighted by Gasteiger charge is -2.12. The Morgan fingerprint density at radius 3 is 2.74 bits per heavy atom. The van der Waals surface area contributed by atoms with E-state index in [1.807, 2.05) is 56.3 Å². The van der Waals surface area contributed by atoms with Crippen LogP contribution in [0.4, 0.5) is 0 Å². The van der Waals surface area contributed by atoms with E-state index in [1.54, 1.807) is 18.2 Å². The summed E-state index contributed by atoms with van der Waals surface area (Å²) in [6.45, 7) is 4.92. The van der Waals surface area contributed by atoms with E-state index in [0.717, 1.165) is 22.2 Å². The zero-order chi connectivity index (χ0) is 26.5. The van der Waals surface area contributed by atoms with Crippen molar-refractivity contribution in [2.24, 2.45) is 0 Å². The summed E-state index contributed by atoms with van der Waals surface area (Å²) in [4.78, 5) is 20.7. The quantitative estimate of drug-likeness (QED) is 0.176. The van der Waals surface area contributed by atoms with E-state index in [-0.39, 0.29) is 29.8 Å². The van der Waals surface area contributed by atoms with Gasteiger partial charge >= 0.3 is 0 Å². The summed E-state index contributed by atoms with van der Waals surface area (Å²) in [6, 6.07) is 17.9. The number of nitrogens with zero attached hydrogens (tertiary/aromatic N) is 4. The van der Waals surface area contributed by atoms with Crippen molar-refractivity contribution < 1.29 is 19.4 Å². The SMILES string of the molecule is CCOC(C)c1cccc2nc(COc3ccc(C=CC(=O)c4cc(-c5nnn[nH]5)ccc4O)cc3)[nH]c12. The third kappa shape index (κ3) is 5.45. The number of phenolic OH excluding ortho intramolecular Hbond substituents is 1. The molecule has 0 aliphatic heterocycles. The number of hydrogen-bond donors (Lipinski definition) is 3. The summed E-state index contributed by atoms with van der Waals surface area (Å²) in [5, 5.41) is 23.7. The second-order valence-electron chi connectivity index (χ2n) is 8.56. The molecule has 0 fully saturated rings. The molecule has 0 saturated heterocycles. The molecule has 0 radical (unpaired) electrons. The Morgan fingerprint density at radius 1 is 1.13 bits per heavy atom.